The SMILES string of the molecule is O=C([O-])c1ccc(-n2c(-c3cn4ccc(Cl)cc4n3)n[n-]c2=S)cc1.[Na+].[Na+]. The average molecular weight is 416 g/mol. The van der Waals surface area contributed by atoms with Crippen LogP contribution < -0.4 is 69.3 Å². The van der Waals surface area contributed by atoms with Crippen molar-refractivity contribution < 1.29 is 69.0 Å². The molecule has 0 saturated heterocycles. The van der Waals surface area contributed by atoms with Crippen molar-refractivity contribution in [2.75, 3.05) is 0 Å². The van der Waals surface area contributed by atoms with Crippen LogP contribution in [0.5, 0.6) is 0 Å². The first-order valence-electron chi connectivity index (χ1n) is 7.12. The van der Waals surface area contributed by atoms with E-state index in [-0.39, 0.29) is 69.4 Å². The van der Waals surface area contributed by atoms with E-state index < -0.39 is 5.97 Å². The fraction of sp³-hybridized carbons (Fsp3) is 0. The smallest absolute Gasteiger partial charge is 0.545 e. The molecule has 1 aromatic carbocycles. The molecule has 0 spiro atoms. The van der Waals surface area contributed by atoms with Gasteiger partial charge in [0.2, 0.25) is 0 Å². The second kappa shape index (κ2) is 9.02. The van der Waals surface area contributed by atoms with Crippen LogP contribution in [0, 0.1) is 4.77 Å². The quantitative estimate of drug-likeness (QED) is 0.250. The van der Waals surface area contributed by atoms with Crippen LogP contribution in [0.15, 0.2) is 48.8 Å². The van der Waals surface area contributed by atoms with Gasteiger partial charge in [-0.3, -0.25) is 5.10 Å². The largest absolute Gasteiger partial charge is 1.00 e. The number of hydrogen-bond donors (Lipinski definition) is 0. The maximum Gasteiger partial charge on any atom is 1.00 e. The Morgan fingerprint density at radius 3 is 2.56 bits per heavy atom. The predicted molar refractivity (Wildman–Crippen MR) is 91.2 cm³/mol. The van der Waals surface area contributed by atoms with Gasteiger partial charge in [-0.15, -0.1) is 0 Å². The van der Waals surface area contributed by atoms with Crippen molar-refractivity contribution in [3.63, 3.8) is 0 Å². The molecule has 11 heteroatoms. The van der Waals surface area contributed by atoms with Gasteiger partial charge in [0.25, 0.3) is 0 Å². The summed E-state index contributed by atoms with van der Waals surface area (Å²) in [6.07, 6.45) is 3.58. The maximum atomic E-state index is 10.9. The molecule has 0 aliphatic rings. The van der Waals surface area contributed by atoms with E-state index >= 15 is 0 Å². The summed E-state index contributed by atoms with van der Waals surface area (Å²) in [5, 5.41) is 19.5. The Labute approximate surface area is 208 Å². The van der Waals surface area contributed by atoms with Crippen LogP contribution in [0.25, 0.3) is 22.9 Å². The molecule has 0 saturated carbocycles. The zero-order chi connectivity index (χ0) is 17.6. The summed E-state index contributed by atoms with van der Waals surface area (Å²) in [5.74, 6) is -0.794. The topological polar surface area (TPSA) is 89.3 Å². The molecule has 0 fully saturated rings. The van der Waals surface area contributed by atoms with Crippen molar-refractivity contribution >= 4 is 35.4 Å². The first kappa shape index (κ1) is 22.3. The van der Waals surface area contributed by atoms with E-state index in [4.69, 9.17) is 23.8 Å². The molecule has 0 amide bonds. The van der Waals surface area contributed by atoms with E-state index in [1.807, 2.05) is 4.40 Å². The van der Waals surface area contributed by atoms with Crippen LogP contribution in [0.1, 0.15) is 10.4 Å². The van der Waals surface area contributed by atoms with Gasteiger partial charge in [0, 0.05) is 28.3 Å². The first-order valence-corrected chi connectivity index (χ1v) is 7.90. The molecular weight excluding hydrogens is 408 g/mol. The number of carboxylic acid groups (broad SMARTS) is 1. The summed E-state index contributed by atoms with van der Waals surface area (Å²) in [6.45, 7) is 0. The van der Waals surface area contributed by atoms with Gasteiger partial charge in [-0.1, -0.05) is 48.1 Å². The van der Waals surface area contributed by atoms with Crippen molar-refractivity contribution in [1.82, 2.24) is 24.1 Å². The molecule has 3 aromatic heterocycles. The minimum absolute atomic E-state index is 0. The molecule has 27 heavy (non-hydrogen) atoms. The van der Waals surface area contributed by atoms with Gasteiger partial charge in [-0.2, -0.15) is 0 Å². The van der Waals surface area contributed by atoms with Crippen LogP contribution >= 0.6 is 23.8 Å². The van der Waals surface area contributed by atoms with E-state index in [0.29, 0.717) is 27.9 Å². The van der Waals surface area contributed by atoms with Crippen LogP contribution in [-0.4, -0.2) is 25.0 Å². The van der Waals surface area contributed by atoms with Gasteiger partial charge in [0.1, 0.15) is 11.3 Å². The Kier molecular flexibility index (Phi) is 7.46. The second-order valence-corrected chi connectivity index (χ2v) is 6.01. The number of nitrogens with zero attached hydrogens (tertiary/aromatic N) is 5. The normalized spacial score (nSPS) is 10.3. The minimum atomic E-state index is -1.24. The number of carbonyl (C=O) groups is 1. The summed E-state index contributed by atoms with van der Waals surface area (Å²) >= 11 is 11.2. The first-order chi connectivity index (χ1) is 12.0. The Hall–Kier alpha value is -0.970. The van der Waals surface area contributed by atoms with Crippen LogP contribution in [0.2, 0.25) is 5.02 Å². The van der Waals surface area contributed by atoms with Crippen LogP contribution in [0.3, 0.4) is 0 Å². The molecule has 4 aromatic rings. The van der Waals surface area contributed by atoms with Gasteiger partial charge in [0.05, 0.1) is 11.8 Å². The van der Waals surface area contributed by atoms with Crippen LogP contribution in [-0.2, 0) is 0 Å². The molecule has 0 N–H and O–H groups in total. The number of imidazole rings is 1. The summed E-state index contributed by atoms with van der Waals surface area (Å²) in [4.78, 5) is 15.4. The Bertz CT molecular complexity index is 1170. The number of rotatable bonds is 3. The van der Waals surface area contributed by atoms with Gasteiger partial charge in [-0.25, -0.2) is 4.98 Å². The van der Waals surface area contributed by atoms with Crippen molar-refractivity contribution in [2.45, 2.75) is 0 Å². The zero-order valence-corrected chi connectivity index (χ0v) is 20.0. The third kappa shape index (κ3) is 4.38. The molecule has 0 aliphatic heterocycles. The third-order valence-electron chi connectivity index (χ3n) is 3.65. The molecule has 0 bridgehead atoms. The van der Waals surface area contributed by atoms with E-state index in [2.05, 4.69) is 15.2 Å². The number of fused-ring (bicyclic) bond motifs is 1. The molecule has 124 valence electrons. The Morgan fingerprint density at radius 1 is 1.19 bits per heavy atom. The maximum absolute atomic E-state index is 10.9. The Morgan fingerprint density at radius 2 is 1.89 bits per heavy atom. The zero-order valence-electron chi connectivity index (χ0n) is 14.5. The fourth-order valence-electron chi connectivity index (χ4n) is 2.48. The van der Waals surface area contributed by atoms with E-state index in [1.165, 1.54) is 12.1 Å². The van der Waals surface area contributed by atoms with Crippen molar-refractivity contribution in [3.8, 4) is 17.2 Å². The molecule has 0 radical (unpaired) electrons. The summed E-state index contributed by atoms with van der Waals surface area (Å²) in [5.41, 5.74) is 1.93. The number of benzene rings is 1. The summed E-state index contributed by atoms with van der Waals surface area (Å²) in [7, 11) is 0. The molecule has 0 aliphatic carbocycles. The van der Waals surface area contributed by atoms with Crippen LogP contribution in [0.4, 0.5) is 0 Å². The number of pyridine rings is 1. The molecule has 4 rings (SSSR count). The molecule has 7 nitrogen and oxygen atoms in total. The second-order valence-electron chi connectivity index (χ2n) is 5.21. The molecular formula is C16H8ClN5Na2O2S. The molecule has 3 heterocycles. The number of hydrogen-bond acceptors (Lipinski definition) is 5. The van der Waals surface area contributed by atoms with Gasteiger partial charge >= 0.3 is 59.1 Å². The van der Waals surface area contributed by atoms with Crippen molar-refractivity contribution in [1.29, 1.82) is 0 Å². The van der Waals surface area contributed by atoms with Crippen molar-refractivity contribution in [2.24, 2.45) is 0 Å². The fourth-order valence-corrected chi connectivity index (χ4v) is 2.87. The van der Waals surface area contributed by atoms with Gasteiger partial charge in [0.15, 0.2) is 0 Å². The van der Waals surface area contributed by atoms with Gasteiger partial charge < -0.3 is 24.0 Å². The Balaban J connectivity index is 0.00000131. The number of aromatic carboxylic acids is 1. The average Bonchev–Trinajstić information content (AvgIpc) is 3.17. The minimum Gasteiger partial charge on any atom is -0.545 e. The van der Waals surface area contributed by atoms with Gasteiger partial charge in [-0.05, 0) is 17.3 Å². The molecule has 0 unspecified atom stereocenters. The summed E-state index contributed by atoms with van der Waals surface area (Å²) < 4.78 is 3.67. The number of carboxylic acids is 1. The number of aromatic nitrogens is 5. The number of halogens is 1. The summed E-state index contributed by atoms with van der Waals surface area (Å²) in [6, 6.07) is 9.58. The predicted octanol–water partition coefficient (Wildman–Crippen LogP) is -4.10. The monoisotopic (exact) mass is 415 g/mol. The van der Waals surface area contributed by atoms with E-state index in [1.54, 1.807) is 41.2 Å². The number of carbonyl (C=O) groups excluding carboxylic acids is 1. The third-order valence-corrected chi connectivity index (χ3v) is 4.15. The molecule has 0 atom stereocenters. The van der Waals surface area contributed by atoms with E-state index in [9.17, 15) is 9.90 Å². The van der Waals surface area contributed by atoms with E-state index in [0.717, 1.165) is 0 Å². The van der Waals surface area contributed by atoms with Crippen molar-refractivity contribution in [3.05, 3.63) is 64.1 Å². The standard InChI is InChI=1S/C16H10ClN5O2S.2Na/c17-10-5-6-21-8-12(18-13(21)7-10)14-19-20-16(25)22(14)11-3-1-9(2-4-11)15(23)24;;/h1-8H,(H2,20,23,24,25);;/q;2*+1/p-2.